The van der Waals surface area contributed by atoms with E-state index in [2.05, 4.69) is 0 Å². The predicted octanol–water partition coefficient (Wildman–Crippen LogP) is 2.68. The number of hydrogen-bond donors (Lipinski definition) is 1. The van der Waals surface area contributed by atoms with Crippen molar-refractivity contribution >= 4 is 17.3 Å². The molecule has 1 aromatic rings. The minimum Gasteiger partial charge on any atom is -0.487 e. The number of carboxylic acid groups (broad SMARTS) is 1. The van der Waals surface area contributed by atoms with Gasteiger partial charge in [-0.3, -0.25) is 14.9 Å². The Kier molecular flexibility index (Phi) is 5.95. The fourth-order valence-corrected chi connectivity index (χ4v) is 2.28. The molecule has 0 aliphatic carbocycles. The monoisotopic (exact) mass is 296 g/mol. The highest BCUT2D eigenvalue weighted by atomic mass is 16.6. The molecule has 7 heteroatoms. The number of ether oxygens (including phenoxy) is 1. The van der Waals surface area contributed by atoms with Gasteiger partial charge in [-0.05, 0) is 32.9 Å². The van der Waals surface area contributed by atoms with Crippen molar-refractivity contribution in [3.8, 4) is 5.75 Å². The number of benzene rings is 1. The number of nitro benzene ring substituents is 1. The summed E-state index contributed by atoms with van der Waals surface area (Å²) in [6.45, 7) is 6.09. The minimum absolute atomic E-state index is 0.0934. The lowest BCUT2D eigenvalue weighted by atomic mass is 10.1. The first-order valence-corrected chi connectivity index (χ1v) is 6.80. The SMILES string of the molecule is CCOc1cccc(N(CC)C(C)CC(=O)O)c1[N+](=O)[O-]. The fourth-order valence-electron chi connectivity index (χ4n) is 2.28. The predicted molar refractivity (Wildman–Crippen MR) is 79.0 cm³/mol. The molecule has 0 aliphatic heterocycles. The van der Waals surface area contributed by atoms with E-state index in [1.807, 2.05) is 6.92 Å². The van der Waals surface area contributed by atoms with Crippen LogP contribution in [0.15, 0.2) is 18.2 Å². The highest BCUT2D eigenvalue weighted by Gasteiger charge is 2.27. The Balaban J connectivity index is 3.28. The van der Waals surface area contributed by atoms with E-state index >= 15 is 0 Å². The molecule has 0 heterocycles. The van der Waals surface area contributed by atoms with Gasteiger partial charge < -0.3 is 14.7 Å². The molecule has 0 fully saturated rings. The van der Waals surface area contributed by atoms with Crippen LogP contribution < -0.4 is 9.64 Å². The summed E-state index contributed by atoms with van der Waals surface area (Å²) in [6.07, 6.45) is -0.0934. The molecule has 0 saturated carbocycles. The van der Waals surface area contributed by atoms with Crippen molar-refractivity contribution in [2.75, 3.05) is 18.1 Å². The molecule has 21 heavy (non-hydrogen) atoms. The Hall–Kier alpha value is -2.31. The molecule has 1 atom stereocenters. The van der Waals surface area contributed by atoms with Crippen LogP contribution >= 0.6 is 0 Å². The standard InChI is InChI=1S/C14H20N2O5/c1-4-15(10(3)9-13(17)18)11-7-6-8-12(21-5-2)14(11)16(19)20/h6-8,10H,4-5,9H2,1-3H3,(H,17,18). The Morgan fingerprint density at radius 2 is 2.14 bits per heavy atom. The highest BCUT2D eigenvalue weighted by molar-refractivity contribution is 5.72. The molecule has 116 valence electrons. The lowest BCUT2D eigenvalue weighted by Crippen LogP contribution is -2.35. The molecule has 0 radical (unpaired) electrons. The first-order valence-electron chi connectivity index (χ1n) is 6.80. The summed E-state index contributed by atoms with van der Waals surface area (Å²) >= 11 is 0. The number of nitro groups is 1. The molecule has 0 bridgehead atoms. The average molecular weight is 296 g/mol. The lowest BCUT2D eigenvalue weighted by molar-refractivity contribution is -0.385. The minimum atomic E-state index is -0.940. The van der Waals surface area contributed by atoms with Gasteiger partial charge in [0.2, 0.25) is 0 Å². The van der Waals surface area contributed by atoms with Gasteiger partial charge in [0, 0.05) is 12.6 Å². The Morgan fingerprint density at radius 3 is 2.62 bits per heavy atom. The summed E-state index contributed by atoms with van der Waals surface area (Å²) in [5.74, 6) is -0.745. The quantitative estimate of drug-likeness (QED) is 0.585. The first-order chi connectivity index (χ1) is 9.92. The van der Waals surface area contributed by atoms with Gasteiger partial charge in [-0.1, -0.05) is 6.07 Å². The maximum Gasteiger partial charge on any atom is 0.333 e. The molecule has 0 saturated heterocycles. The lowest BCUT2D eigenvalue weighted by Gasteiger charge is -2.29. The first kappa shape index (κ1) is 16.7. The van der Waals surface area contributed by atoms with Gasteiger partial charge in [-0.15, -0.1) is 0 Å². The normalized spacial score (nSPS) is 11.8. The Morgan fingerprint density at radius 1 is 1.48 bits per heavy atom. The number of rotatable bonds is 8. The molecular weight excluding hydrogens is 276 g/mol. The smallest absolute Gasteiger partial charge is 0.333 e. The number of para-hydroxylation sites is 1. The van der Waals surface area contributed by atoms with Crippen molar-refractivity contribution in [3.05, 3.63) is 28.3 Å². The van der Waals surface area contributed by atoms with E-state index in [9.17, 15) is 14.9 Å². The van der Waals surface area contributed by atoms with Crippen LogP contribution in [0, 0.1) is 10.1 Å². The van der Waals surface area contributed by atoms with Crippen molar-refractivity contribution in [1.29, 1.82) is 0 Å². The molecule has 0 aromatic heterocycles. The summed E-state index contributed by atoms with van der Waals surface area (Å²) in [4.78, 5) is 23.4. The number of anilines is 1. The number of carbonyl (C=O) groups is 1. The number of aliphatic carboxylic acids is 1. The third kappa shape index (κ3) is 4.08. The molecule has 1 aromatic carbocycles. The zero-order valence-electron chi connectivity index (χ0n) is 12.4. The summed E-state index contributed by atoms with van der Waals surface area (Å²) in [5.41, 5.74) is 0.251. The number of hydrogen-bond acceptors (Lipinski definition) is 5. The molecule has 1 N–H and O–H groups in total. The molecular formula is C14H20N2O5. The van der Waals surface area contributed by atoms with Crippen LogP contribution in [0.25, 0.3) is 0 Å². The average Bonchev–Trinajstić information content (AvgIpc) is 2.38. The molecule has 0 amide bonds. The highest BCUT2D eigenvalue weighted by Crippen LogP contribution is 2.38. The second-order valence-electron chi connectivity index (χ2n) is 4.55. The van der Waals surface area contributed by atoms with Crippen LogP contribution in [-0.2, 0) is 4.79 Å². The van der Waals surface area contributed by atoms with Crippen LogP contribution in [0.1, 0.15) is 27.2 Å². The van der Waals surface area contributed by atoms with Gasteiger partial charge in [-0.25, -0.2) is 0 Å². The van der Waals surface area contributed by atoms with E-state index < -0.39 is 10.9 Å². The third-order valence-corrected chi connectivity index (χ3v) is 3.11. The second-order valence-corrected chi connectivity index (χ2v) is 4.55. The van der Waals surface area contributed by atoms with Gasteiger partial charge in [0.25, 0.3) is 0 Å². The zero-order valence-corrected chi connectivity index (χ0v) is 12.4. The molecule has 0 aliphatic rings. The number of carboxylic acids is 1. The molecule has 7 nitrogen and oxygen atoms in total. The van der Waals surface area contributed by atoms with Crippen LogP contribution in [0.2, 0.25) is 0 Å². The molecule has 1 unspecified atom stereocenters. The summed E-state index contributed by atoms with van der Waals surface area (Å²) in [6, 6.07) is 4.47. The van der Waals surface area contributed by atoms with E-state index in [1.165, 1.54) is 0 Å². The Labute approximate surface area is 123 Å². The van der Waals surface area contributed by atoms with Gasteiger partial charge in [0.15, 0.2) is 5.75 Å². The van der Waals surface area contributed by atoms with Crippen LogP contribution in [0.3, 0.4) is 0 Å². The number of nitrogens with zero attached hydrogens (tertiary/aromatic N) is 2. The largest absolute Gasteiger partial charge is 0.487 e. The Bertz CT molecular complexity index is 518. The van der Waals surface area contributed by atoms with E-state index in [-0.39, 0.29) is 23.9 Å². The summed E-state index contributed by atoms with van der Waals surface area (Å²) in [7, 11) is 0. The van der Waals surface area contributed by atoms with E-state index in [4.69, 9.17) is 9.84 Å². The molecule has 0 spiro atoms. The third-order valence-electron chi connectivity index (χ3n) is 3.11. The summed E-state index contributed by atoms with van der Waals surface area (Å²) < 4.78 is 5.31. The van der Waals surface area contributed by atoms with Crippen molar-refractivity contribution in [3.63, 3.8) is 0 Å². The zero-order chi connectivity index (χ0) is 16.0. The second kappa shape index (κ2) is 7.47. The van der Waals surface area contributed by atoms with Crippen LogP contribution in [-0.4, -0.2) is 35.2 Å². The van der Waals surface area contributed by atoms with Crippen LogP contribution in [0.4, 0.5) is 11.4 Å². The maximum absolute atomic E-state index is 11.4. The van der Waals surface area contributed by atoms with Gasteiger partial charge in [0.1, 0.15) is 5.69 Å². The van der Waals surface area contributed by atoms with Gasteiger partial charge >= 0.3 is 11.7 Å². The van der Waals surface area contributed by atoms with Crippen molar-refractivity contribution in [2.45, 2.75) is 33.2 Å². The van der Waals surface area contributed by atoms with Crippen molar-refractivity contribution in [2.24, 2.45) is 0 Å². The topological polar surface area (TPSA) is 92.9 Å². The van der Waals surface area contributed by atoms with Gasteiger partial charge in [-0.2, -0.15) is 0 Å². The van der Waals surface area contributed by atoms with Crippen molar-refractivity contribution < 1.29 is 19.6 Å². The van der Waals surface area contributed by atoms with Gasteiger partial charge in [0.05, 0.1) is 18.0 Å². The van der Waals surface area contributed by atoms with E-state index in [1.54, 1.807) is 36.9 Å². The fraction of sp³-hybridized carbons (Fsp3) is 0.500. The van der Waals surface area contributed by atoms with E-state index in [0.717, 1.165) is 0 Å². The molecule has 1 rings (SSSR count). The van der Waals surface area contributed by atoms with Crippen LogP contribution in [0.5, 0.6) is 5.75 Å². The summed E-state index contributed by atoms with van der Waals surface area (Å²) in [5, 5.41) is 20.3. The maximum atomic E-state index is 11.4. The van der Waals surface area contributed by atoms with E-state index in [0.29, 0.717) is 18.8 Å². The van der Waals surface area contributed by atoms with Crippen molar-refractivity contribution in [1.82, 2.24) is 0 Å².